The molecule has 1 aromatic carbocycles. The third-order valence-electron chi connectivity index (χ3n) is 3.66. The largest absolute Gasteiger partial charge is 0.389 e. The second kappa shape index (κ2) is 5.27. The minimum Gasteiger partial charge on any atom is -0.389 e. The van der Waals surface area contributed by atoms with Crippen LogP contribution < -0.4 is 4.90 Å². The normalized spacial score (nSPS) is 26.2. The average molecular weight is 251 g/mol. The van der Waals surface area contributed by atoms with Gasteiger partial charge in [-0.3, -0.25) is 0 Å². The third kappa shape index (κ3) is 2.66. The zero-order valence-electron chi connectivity index (χ0n) is 11.4. The van der Waals surface area contributed by atoms with E-state index in [-0.39, 0.29) is 5.82 Å². The van der Waals surface area contributed by atoms with Gasteiger partial charge in [0.25, 0.3) is 0 Å². The van der Waals surface area contributed by atoms with E-state index in [0.29, 0.717) is 17.4 Å². The molecule has 2 unspecified atom stereocenters. The standard InChI is InChI=1S/C15H22FNO/c1-10-7-11(2)9-17(8-10)14-6-4-5-13(16)15(14)12(3)18/h4-6,10-12,18H,7-9H2,1-3H3/t10?,11?,12-/m0/s1. The fourth-order valence-corrected chi connectivity index (χ4v) is 3.07. The minimum absolute atomic E-state index is 0.312. The van der Waals surface area contributed by atoms with Gasteiger partial charge in [-0.05, 0) is 37.3 Å². The van der Waals surface area contributed by atoms with Crippen molar-refractivity contribution in [1.29, 1.82) is 0 Å². The van der Waals surface area contributed by atoms with Gasteiger partial charge in [0.05, 0.1) is 6.10 Å². The number of benzene rings is 1. The van der Waals surface area contributed by atoms with Crippen LogP contribution in [0.25, 0.3) is 0 Å². The van der Waals surface area contributed by atoms with Crippen LogP contribution in [-0.4, -0.2) is 18.2 Å². The number of anilines is 1. The molecule has 1 fully saturated rings. The summed E-state index contributed by atoms with van der Waals surface area (Å²) in [5, 5.41) is 9.78. The Kier molecular flexibility index (Phi) is 3.91. The molecule has 100 valence electrons. The highest BCUT2D eigenvalue weighted by molar-refractivity contribution is 5.55. The molecule has 18 heavy (non-hydrogen) atoms. The van der Waals surface area contributed by atoms with Crippen LogP contribution >= 0.6 is 0 Å². The van der Waals surface area contributed by atoms with Gasteiger partial charge in [0.2, 0.25) is 0 Å². The van der Waals surface area contributed by atoms with Crippen molar-refractivity contribution in [2.45, 2.75) is 33.3 Å². The van der Waals surface area contributed by atoms with Gasteiger partial charge in [0.1, 0.15) is 5.82 Å². The van der Waals surface area contributed by atoms with Crippen molar-refractivity contribution >= 4 is 5.69 Å². The molecular weight excluding hydrogens is 229 g/mol. The minimum atomic E-state index is -0.770. The molecule has 0 aromatic heterocycles. The van der Waals surface area contributed by atoms with Crippen molar-refractivity contribution in [3.8, 4) is 0 Å². The van der Waals surface area contributed by atoms with Gasteiger partial charge in [0.15, 0.2) is 0 Å². The zero-order valence-corrected chi connectivity index (χ0v) is 11.4. The van der Waals surface area contributed by atoms with E-state index >= 15 is 0 Å². The van der Waals surface area contributed by atoms with Gasteiger partial charge in [-0.15, -0.1) is 0 Å². The first-order valence-corrected chi connectivity index (χ1v) is 6.70. The Hall–Kier alpha value is -1.09. The monoisotopic (exact) mass is 251 g/mol. The summed E-state index contributed by atoms with van der Waals surface area (Å²) in [4.78, 5) is 2.21. The van der Waals surface area contributed by atoms with Crippen molar-refractivity contribution in [3.05, 3.63) is 29.6 Å². The predicted molar refractivity (Wildman–Crippen MR) is 72.2 cm³/mol. The summed E-state index contributed by atoms with van der Waals surface area (Å²) in [5.41, 5.74) is 1.28. The molecule has 1 aliphatic heterocycles. The van der Waals surface area contributed by atoms with Crippen LogP contribution in [-0.2, 0) is 0 Å². The Morgan fingerprint density at radius 2 is 1.89 bits per heavy atom. The molecule has 1 N–H and O–H groups in total. The van der Waals surface area contributed by atoms with E-state index in [0.717, 1.165) is 18.8 Å². The second-order valence-corrected chi connectivity index (χ2v) is 5.70. The number of rotatable bonds is 2. The fraction of sp³-hybridized carbons (Fsp3) is 0.600. The lowest BCUT2D eigenvalue weighted by Crippen LogP contribution is -2.39. The lowest BCUT2D eigenvalue weighted by atomic mass is 9.91. The summed E-state index contributed by atoms with van der Waals surface area (Å²) in [7, 11) is 0. The molecule has 0 amide bonds. The van der Waals surface area contributed by atoms with Crippen molar-refractivity contribution in [2.24, 2.45) is 11.8 Å². The Morgan fingerprint density at radius 1 is 1.28 bits per heavy atom. The van der Waals surface area contributed by atoms with Crippen molar-refractivity contribution in [3.63, 3.8) is 0 Å². The van der Waals surface area contributed by atoms with Gasteiger partial charge in [0, 0.05) is 24.3 Å². The van der Waals surface area contributed by atoms with Crippen LogP contribution in [0.3, 0.4) is 0 Å². The first kappa shape index (κ1) is 13.3. The molecule has 3 heteroatoms. The maximum absolute atomic E-state index is 13.9. The molecule has 0 aliphatic carbocycles. The summed E-state index contributed by atoms with van der Waals surface area (Å²) in [6, 6.07) is 5.05. The van der Waals surface area contributed by atoms with E-state index in [1.165, 1.54) is 12.5 Å². The average Bonchev–Trinajstić information content (AvgIpc) is 2.26. The molecule has 1 saturated heterocycles. The summed E-state index contributed by atoms with van der Waals surface area (Å²) >= 11 is 0. The van der Waals surface area contributed by atoms with E-state index in [9.17, 15) is 9.50 Å². The third-order valence-corrected chi connectivity index (χ3v) is 3.66. The summed E-state index contributed by atoms with van der Waals surface area (Å²) in [6.07, 6.45) is 0.448. The van der Waals surface area contributed by atoms with Crippen molar-refractivity contribution < 1.29 is 9.50 Å². The highest BCUT2D eigenvalue weighted by Crippen LogP contribution is 2.33. The van der Waals surface area contributed by atoms with Crippen molar-refractivity contribution in [2.75, 3.05) is 18.0 Å². The molecule has 1 aromatic rings. The SMILES string of the molecule is CC1CC(C)CN(c2cccc(F)c2[C@H](C)O)C1. The Bertz CT molecular complexity index is 409. The van der Waals surface area contributed by atoms with Gasteiger partial charge >= 0.3 is 0 Å². The van der Waals surface area contributed by atoms with Crippen LogP contribution in [0.4, 0.5) is 10.1 Å². The Labute approximate surface area is 108 Å². The molecule has 0 saturated carbocycles. The number of hydrogen-bond acceptors (Lipinski definition) is 2. The van der Waals surface area contributed by atoms with Gasteiger partial charge < -0.3 is 10.0 Å². The fourth-order valence-electron chi connectivity index (χ4n) is 3.07. The number of aliphatic hydroxyl groups is 1. The maximum atomic E-state index is 13.9. The molecule has 2 nitrogen and oxygen atoms in total. The molecule has 0 radical (unpaired) electrons. The summed E-state index contributed by atoms with van der Waals surface area (Å²) < 4.78 is 13.9. The molecule has 1 aliphatic rings. The highest BCUT2D eigenvalue weighted by Gasteiger charge is 2.25. The lowest BCUT2D eigenvalue weighted by Gasteiger charge is -2.38. The molecule has 2 rings (SSSR count). The first-order chi connectivity index (χ1) is 8.49. The molecule has 0 bridgehead atoms. The van der Waals surface area contributed by atoms with Crippen LogP contribution in [0.2, 0.25) is 0 Å². The second-order valence-electron chi connectivity index (χ2n) is 5.70. The van der Waals surface area contributed by atoms with Crippen LogP contribution in [0.15, 0.2) is 18.2 Å². The van der Waals surface area contributed by atoms with Crippen LogP contribution in [0.1, 0.15) is 38.9 Å². The number of hydrogen-bond donors (Lipinski definition) is 1. The number of piperidine rings is 1. The maximum Gasteiger partial charge on any atom is 0.131 e. The molecule has 1 heterocycles. The molecule has 3 atom stereocenters. The van der Waals surface area contributed by atoms with E-state index < -0.39 is 6.10 Å². The predicted octanol–water partition coefficient (Wildman–Crippen LogP) is 3.36. The zero-order chi connectivity index (χ0) is 13.3. The van der Waals surface area contributed by atoms with Crippen LogP contribution in [0.5, 0.6) is 0 Å². The summed E-state index contributed by atoms with van der Waals surface area (Å²) in [6.45, 7) is 7.95. The quantitative estimate of drug-likeness (QED) is 0.871. The lowest BCUT2D eigenvalue weighted by molar-refractivity contribution is 0.194. The van der Waals surface area contributed by atoms with E-state index in [4.69, 9.17) is 0 Å². The Balaban J connectivity index is 2.35. The van der Waals surface area contributed by atoms with E-state index in [2.05, 4.69) is 18.7 Å². The summed E-state index contributed by atoms with van der Waals surface area (Å²) in [5.74, 6) is 0.908. The van der Waals surface area contributed by atoms with Crippen LogP contribution in [0, 0.1) is 17.7 Å². The molecule has 0 spiro atoms. The smallest absolute Gasteiger partial charge is 0.131 e. The van der Waals surface area contributed by atoms with E-state index in [1.54, 1.807) is 13.0 Å². The highest BCUT2D eigenvalue weighted by atomic mass is 19.1. The number of nitrogens with zero attached hydrogens (tertiary/aromatic N) is 1. The Morgan fingerprint density at radius 3 is 2.44 bits per heavy atom. The number of halogens is 1. The first-order valence-electron chi connectivity index (χ1n) is 6.70. The van der Waals surface area contributed by atoms with Gasteiger partial charge in [-0.1, -0.05) is 19.9 Å². The van der Waals surface area contributed by atoms with Gasteiger partial charge in [-0.2, -0.15) is 0 Å². The van der Waals surface area contributed by atoms with E-state index in [1.807, 2.05) is 6.07 Å². The van der Waals surface area contributed by atoms with Gasteiger partial charge in [-0.25, -0.2) is 4.39 Å². The van der Waals surface area contributed by atoms with Crippen molar-refractivity contribution in [1.82, 2.24) is 0 Å². The number of aliphatic hydroxyl groups excluding tert-OH is 1. The molecular formula is C15H22FNO. The topological polar surface area (TPSA) is 23.5 Å².